The Labute approximate surface area is 215 Å². The van der Waals surface area contributed by atoms with Crippen LogP contribution in [0.25, 0.3) is 11.0 Å². The van der Waals surface area contributed by atoms with Gasteiger partial charge in [0.2, 0.25) is 11.8 Å². The number of hydrogen-bond donors (Lipinski definition) is 3. The van der Waals surface area contributed by atoms with E-state index in [1.54, 1.807) is 6.26 Å². The average Bonchev–Trinajstić information content (AvgIpc) is 3.42. The Balaban J connectivity index is 0.999. The molecule has 2 amide bonds. The highest BCUT2D eigenvalue weighted by Crippen LogP contribution is 2.65. The number of amides is 2. The van der Waals surface area contributed by atoms with Gasteiger partial charge in [0.05, 0.1) is 12.2 Å². The molecule has 0 radical (unpaired) electrons. The molecule has 4 atom stereocenters. The minimum absolute atomic E-state index is 0.193. The van der Waals surface area contributed by atoms with Crippen LogP contribution < -0.4 is 16.0 Å². The first kappa shape index (κ1) is 25.3. The molecule has 6 nitrogen and oxygen atoms in total. The predicted octanol–water partition coefficient (Wildman–Crippen LogP) is 6.12. The topological polar surface area (TPSA) is 83.4 Å². The minimum atomic E-state index is -0.327. The zero-order chi connectivity index (χ0) is 25.3. The van der Waals surface area contributed by atoms with E-state index in [4.69, 9.17) is 4.42 Å². The summed E-state index contributed by atoms with van der Waals surface area (Å²) < 4.78 is 5.69. The van der Waals surface area contributed by atoms with Gasteiger partial charge in [-0.05, 0) is 80.0 Å². The van der Waals surface area contributed by atoms with Crippen LogP contribution in [0.3, 0.4) is 0 Å². The van der Waals surface area contributed by atoms with Gasteiger partial charge in [-0.1, -0.05) is 40.0 Å². The maximum Gasteiger partial charge on any atom is 0.234 e. The number of furan rings is 1. The van der Waals surface area contributed by atoms with Gasteiger partial charge >= 0.3 is 0 Å². The maximum absolute atomic E-state index is 12.3. The molecular weight excluding hydrogens is 450 g/mol. The van der Waals surface area contributed by atoms with Crippen molar-refractivity contribution in [3.8, 4) is 0 Å². The molecular formula is C30H43N3O3. The molecule has 2 saturated carbocycles. The fourth-order valence-electron chi connectivity index (χ4n) is 7.22. The van der Waals surface area contributed by atoms with Crippen LogP contribution in [0.15, 0.2) is 28.9 Å². The monoisotopic (exact) mass is 493 g/mol. The second-order valence-corrected chi connectivity index (χ2v) is 12.2. The van der Waals surface area contributed by atoms with E-state index in [9.17, 15) is 9.59 Å². The maximum atomic E-state index is 12.3. The van der Waals surface area contributed by atoms with E-state index < -0.39 is 0 Å². The number of imide groups is 1. The van der Waals surface area contributed by atoms with Crippen molar-refractivity contribution in [3.63, 3.8) is 0 Å². The number of anilines is 1. The van der Waals surface area contributed by atoms with Gasteiger partial charge in [0, 0.05) is 35.6 Å². The van der Waals surface area contributed by atoms with Crippen LogP contribution in [-0.2, 0) is 9.59 Å². The molecule has 6 heteroatoms. The van der Waals surface area contributed by atoms with E-state index in [1.807, 2.05) is 12.1 Å². The SMILES string of the molecule is CC1(C)[C@@H]2CC[C@@]1(C)[C@@H](NCCCCCCCNc1ccc3occ(C4CCC(=O)NC4=O)c3c1)C2. The van der Waals surface area contributed by atoms with Crippen LogP contribution in [0.2, 0.25) is 0 Å². The van der Waals surface area contributed by atoms with Gasteiger partial charge in [-0.15, -0.1) is 0 Å². The lowest BCUT2D eigenvalue weighted by molar-refractivity contribution is -0.134. The largest absolute Gasteiger partial charge is 0.464 e. The van der Waals surface area contributed by atoms with Gasteiger partial charge in [-0.25, -0.2) is 0 Å². The fourth-order valence-corrected chi connectivity index (χ4v) is 7.22. The van der Waals surface area contributed by atoms with Gasteiger partial charge in [-0.2, -0.15) is 0 Å². The second-order valence-electron chi connectivity index (χ2n) is 12.2. The van der Waals surface area contributed by atoms with Crippen LogP contribution >= 0.6 is 0 Å². The molecule has 1 saturated heterocycles. The third kappa shape index (κ3) is 4.69. The lowest BCUT2D eigenvalue weighted by Gasteiger charge is -2.39. The van der Waals surface area contributed by atoms with Crippen molar-refractivity contribution in [1.29, 1.82) is 0 Å². The molecule has 0 spiro atoms. The van der Waals surface area contributed by atoms with Crippen LogP contribution in [0.5, 0.6) is 0 Å². The molecule has 2 bridgehead atoms. The Morgan fingerprint density at radius 2 is 1.81 bits per heavy atom. The molecule has 196 valence electrons. The standard InChI is InChI=1S/C30H43N3O3/c1-29(2)20-13-14-30(29,3)26(17-20)32-16-8-6-4-5-7-15-31-21-9-11-25-23(18-21)24(19-36-25)22-10-12-27(34)33-28(22)35/h9,11,18-20,22,26,31-32H,4-8,10,12-17H2,1-3H3,(H,33,34,35)/t20-,22?,26+,30+/m1/s1. The van der Waals surface area contributed by atoms with Crippen molar-refractivity contribution < 1.29 is 14.0 Å². The Morgan fingerprint density at radius 3 is 2.53 bits per heavy atom. The number of hydrogen-bond acceptors (Lipinski definition) is 5. The first-order valence-corrected chi connectivity index (χ1v) is 14.1. The summed E-state index contributed by atoms with van der Waals surface area (Å²) in [5, 5.41) is 10.9. The average molecular weight is 494 g/mol. The molecule has 1 aromatic heterocycles. The Kier molecular flexibility index (Phi) is 7.17. The van der Waals surface area contributed by atoms with Crippen LogP contribution in [0.4, 0.5) is 5.69 Å². The number of rotatable bonds is 11. The van der Waals surface area contributed by atoms with E-state index in [-0.39, 0.29) is 17.7 Å². The molecule has 2 aromatic rings. The summed E-state index contributed by atoms with van der Waals surface area (Å²) >= 11 is 0. The number of unbranched alkanes of at least 4 members (excludes halogenated alkanes) is 4. The number of piperidine rings is 1. The summed E-state index contributed by atoms with van der Waals surface area (Å²) in [6.07, 6.45) is 13.0. The van der Waals surface area contributed by atoms with Gasteiger partial charge in [0.15, 0.2) is 0 Å². The Hall–Kier alpha value is -2.34. The number of benzene rings is 1. The zero-order valence-electron chi connectivity index (χ0n) is 22.3. The fraction of sp³-hybridized carbons (Fsp3) is 0.667. The normalized spacial score (nSPS) is 29.1. The zero-order valence-corrected chi connectivity index (χ0v) is 22.3. The molecule has 2 heterocycles. The lowest BCUT2D eigenvalue weighted by Crippen LogP contribution is -2.44. The van der Waals surface area contributed by atoms with Crippen molar-refractivity contribution in [3.05, 3.63) is 30.0 Å². The van der Waals surface area contributed by atoms with Crippen LogP contribution in [0, 0.1) is 16.7 Å². The highest BCUT2D eigenvalue weighted by molar-refractivity contribution is 6.02. The first-order chi connectivity index (χ1) is 17.3. The summed E-state index contributed by atoms with van der Waals surface area (Å²) in [6, 6.07) is 6.76. The van der Waals surface area contributed by atoms with Crippen molar-refractivity contribution in [2.24, 2.45) is 16.7 Å². The molecule has 3 aliphatic rings. The smallest absolute Gasteiger partial charge is 0.234 e. The molecule has 1 unspecified atom stereocenters. The molecule has 5 rings (SSSR count). The summed E-state index contributed by atoms with van der Waals surface area (Å²) in [5.41, 5.74) is 3.66. The highest BCUT2D eigenvalue weighted by Gasteiger charge is 2.60. The van der Waals surface area contributed by atoms with Gasteiger partial charge in [-0.3, -0.25) is 14.9 Å². The van der Waals surface area contributed by atoms with Crippen molar-refractivity contribution in [1.82, 2.24) is 10.6 Å². The van der Waals surface area contributed by atoms with E-state index in [2.05, 4.69) is 42.8 Å². The summed E-state index contributed by atoms with van der Waals surface area (Å²) in [5.74, 6) is 0.162. The van der Waals surface area contributed by atoms with Crippen molar-refractivity contribution in [2.45, 2.75) is 96.9 Å². The van der Waals surface area contributed by atoms with Crippen molar-refractivity contribution in [2.75, 3.05) is 18.4 Å². The van der Waals surface area contributed by atoms with Crippen LogP contribution in [-0.4, -0.2) is 30.9 Å². The lowest BCUT2D eigenvalue weighted by atomic mass is 9.69. The molecule has 3 N–H and O–H groups in total. The third-order valence-electron chi connectivity index (χ3n) is 10.1. The Morgan fingerprint density at radius 1 is 1.03 bits per heavy atom. The van der Waals surface area contributed by atoms with Gasteiger partial charge in [0.1, 0.15) is 5.58 Å². The number of fused-ring (bicyclic) bond motifs is 3. The molecule has 3 fully saturated rings. The van der Waals surface area contributed by atoms with Crippen molar-refractivity contribution >= 4 is 28.5 Å². The first-order valence-electron chi connectivity index (χ1n) is 14.1. The highest BCUT2D eigenvalue weighted by atomic mass is 16.3. The molecule has 1 aliphatic heterocycles. The van der Waals surface area contributed by atoms with E-state index >= 15 is 0 Å². The molecule has 36 heavy (non-hydrogen) atoms. The summed E-state index contributed by atoms with van der Waals surface area (Å²) in [6.45, 7) is 9.59. The van der Waals surface area contributed by atoms with Gasteiger partial charge in [0.25, 0.3) is 0 Å². The number of nitrogens with one attached hydrogen (secondary N) is 3. The second kappa shape index (κ2) is 10.2. The van der Waals surface area contributed by atoms with E-state index in [0.717, 1.165) is 47.6 Å². The molecule has 1 aromatic carbocycles. The predicted molar refractivity (Wildman–Crippen MR) is 144 cm³/mol. The minimum Gasteiger partial charge on any atom is -0.464 e. The van der Waals surface area contributed by atoms with E-state index in [1.165, 1.54) is 44.9 Å². The quantitative estimate of drug-likeness (QED) is 0.259. The third-order valence-corrected chi connectivity index (χ3v) is 10.1. The summed E-state index contributed by atoms with van der Waals surface area (Å²) in [7, 11) is 0. The Bertz CT molecular complexity index is 1110. The molecule has 2 aliphatic carbocycles. The van der Waals surface area contributed by atoms with Crippen LogP contribution in [0.1, 0.15) is 96.5 Å². The number of carbonyl (C=O) groups excluding carboxylic acids is 2. The van der Waals surface area contributed by atoms with Gasteiger partial charge < -0.3 is 15.1 Å². The summed E-state index contributed by atoms with van der Waals surface area (Å²) in [4.78, 5) is 23.8. The number of carbonyl (C=O) groups is 2. The van der Waals surface area contributed by atoms with E-state index in [0.29, 0.717) is 29.7 Å².